The molecule has 31 heavy (non-hydrogen) atoms. The molecule has 2 aromatic heterocycles. The van der Waals surface area contributed by atoms with E-state index in [1.807, 2.05) is 48.0 Å². The van der Waals surface area contributed by atoms with E-state index in [4.69, 9.17) is 14.5 Å². The highest BCUT2D eigenvalue weighted by Crippen LogP contribution is 2.32. The first kappa shape index (κ1) is 20.7. The fourth-order valence-corrected chi connectivity index (χ4v) is 3.48. The first-order valence-electron chi connectivity index (χ1n) is 9.41. The number of carbonyl (C=O) groups excluding carboxylic acids is 1. The molecular formula is C22H20BrN5O3. The van der Waals surface area contributed by atoms with Gasteiger partial charge in [-0.1, -0.05) is 15.9 Å². The van der Waals surface area contributed by atoms with Gasteiger partial charge in [0.15, 0.2) is 0 Å². The lowest BCUT2D eigenvalue weighted by molar-refractivity contribution is 0.0958. The van der Waals surface area contributed by atoms with Crippen LogP contribution >= 0.6 is 15.9 Å². The van der Waals surface area contributed by atoms with Crippen molar-refractivity contribution in [3.05, 3.63) is 64.9 Å². The number of benzene rings is 2. The van der Waals surface area contributed by atoms with Crippen molar-refractivity contribution in [2.45, 2.75) is 0 Å². The van der Waals surface area contributed by atoms with E-state index < -0.39 is 0 Å². The SMILES string of the molecule is CNC(=O)c1cc(Oc2ccc3c(c2)nc(Nc2cc(Br)ccc2OC)n3C)ccn1. The van der Waals surface area contributed by atoms with Crippen molar-refractivity contribution in [1.29, 1.82) is 0 Å². The Balaban J connectivity index is 1.62. The Labute approximate surface area is 187 Å². The number of methoxy groups -OCH3 is 1. The number of anilines is 2. The second-order valence-electron chi connectivity index (χ2n) is 6.67. The average Bonchev–Trinajstić information content (AvgIpc) is 3.08. The monoisotopic (exact) mass is 481 g/mol. The number of hydrogen-bond acceptors (Lipinski definition) is 6. The Kier molecular flexibility index (Phi) is 5.77. The van der Waals surface area contributed by atoms with Crippen LogP contribution in [0.25, 0.3) is 11.0 Å². The number of fused-ring (bicyclic) bond motifs is 1. The molecule has 2 N–H and O–H groups in total. The van der Waals surface area contributed by atoms with Gasteiger partial charge in [-0.05, 0) is 36.4 Å². The van der Waals surface area contributed by atoms with Crippen LogP contribution < -0.4 is 20.1 Å². The number of nitrogens with one attached hydrogen (secondary N) is 2. The van der Waals surface area contributed by atoms with Gasteiger partial charge in [-0.15, -0.1) is 0 Å². The summed E-state index contributed by atoms with van der Waals surface area (Å²) in [7, 11) is 5.12. The number of carbonyl (C=O) groups is 1. The third-order valence-corrected chi connectivity index (χ3v) is 5.18. The molecular weight excluding hydrogens is 462 g/mol. The lowest BCUT2D eigenvalue weighted by Gasteiger charge is -2.11. The molecule has 0 atom stereocenters. The smallest absolute Gasteiger partial charge is 0.269 e. The molecule has 4 rings (SSSR count). The molecule has 1 amide bonds. The second kappa shape index (κ2) is 8.65. The summed E-state index contributed by atoms with van der Waals surface area (Å²) in [6.45, 7) is 0. The molecule has 0 saturated carbocycles. The maximum absolute atomic E-state index is 11.8. The minimum atomic E-state index is -0.274. The van der Waals surface area contributed by atoms with Crippen molar-refractivity contribution in [2.24, 2.45) is 7.05 Å². The maximum atomic E-state index is 11.8. The molecule has 0 radical (unpaired) electrons. The van der Waals surface area contributed by atoms with Gasteiger partial charge in [0, 0.05) is 36.9 Å². The van der Waals surface area contributed by atoms with Gasteiger partial charge in [-0.2, -0.15) is 0 Å². The van der Waals surface area contributed by atoms with Crippen LogP contribution in [0.5, 0.6) is 17.2 Å². The molecule has 0 unspecified atom stereocenters. The van der Waals surface area contributed by atoms with E-state index in [2.05, 4.69) is 31.5 Å². The van der Waals surface area contributed by atoms with Gasteiger partial charge in [0.2, 0.25) is 5.95 Å². The van der Waals surface area contributed by atoms with E-state index >= 15 is 0 Å². The average molecular weight is 482 g/mol. The predicted octanol–water partition coefficient (Wildman–Crippen LogP) is 4.63. The van der Waals surface area contributed by atoms with Crippen LogP contribution in [0.15, 0.2) is 59.2 Å². The molecule has 0 bridgehead atoms. The van der Waals surface area contributed by atoms with Crippen LogP contribution in [-0.2, 0) is 7.05 Å². The normalized spacial score (nSPS) is 10.7. The standard InChI is InChI=1S/C22H20BrN5O3/c1-24-21(29)18-12-15(8-9-25-18)31-14-5-6-19-16(11-14)26-22(28(19)2)27-17-10-13(23)4-7-20(17)30-3/h4-12H,1-3H3,(H,24,29)(H,26,27). The van der Waals surface area contributed by atoms with Crippen molar-refractivity contribution in [2.75, 3.05) is 19.5 Å². The summed E-state index contributed by atoms with van der Waals surface area (Å²) in [4.78, 5) is 20.5. The molecule has 4 aromatic rings. The summed E-state index contributed by atoms with van der Waals surface area (Å²) in [5.74, 6) is 2.22. The maximum Gasteiger partial charge on any atom is 0.269 e. The highest BCUT2D eigenvalue weighted by Gasteiger charge is 2.13. The lowest BCUT2D eigenvalue weighted by Crippen LogP contribution is -2.18. The van der Waals surface area contributed by atoms with Gasteiger partial charge in [-0.3, -0.25) is 9.78 Å². The lowest BCUT2D eigenvalue weighted by atomic mass is 10.3. The first-order chi connectivity index (χ1) is 15.0. The molecule has 0 spiro atoms. The zero-order chi connectivity index (χ0) is 22.0. The highest BCUT2D eigenvalue weighted by molar-refractivity contribution is 9.10. The minimum Gasteiger partial charge on any atom is -0.495 e. The number of aromatic nitrogens is 3. The Morgan fingerprint density at radius 1 is 1.10 bits per heavy atom. The zero-order valence-corrected chi connectivity index (χ0v) is 18.7. The minimum absolute atomic E-state index is 0.274. The third kappa shape index (κ3) is 4.31. The number of halogens is 1. The summed E-state index contributed by atoms with van der Waals surface area (Å²) in [6.07, 6.45) is 1.53. The summed E-state index contributed by atoms with van der Waals surface area (Å²) in [5.41, 5.74) is 2.78. The Hall–Kier alpha value is -3.59. The zero-order valence-electron chi connectivity index (χ0n) is 17.1. The number of nitrogens with zero attached hydrogens (tertiary/aromatic N) is 3. The van der Waals surface area contributed by atoms with Crippen molar-refractivity contribution >= 4 is 44.5 Å². The fourth-order valence-electron chi connectivity index (χ4n) is 3.12. The van der Waals surface area contributed by atoms with Crippen molar-refractivity contribution in [1.82, 2.24) is 19.9 Å². The van der Waals surface area contributed by atoms with Crippen LogP contribution in [0.4, 0.5) is 11.6 Å². The van der Waals surface area contributed by atoms with Gasteiger partial charge < -0.3 is 24.7 Å². The van der Waals surface area contributed by atoms with Gasteiger partial charge >= 0.3 is 0 Å². The van der Waals surface area contributed by atoms with Gasteiger partial charge in [0.05, 0.1) is 23.8 Å². The summed E-state index contributed by atoms with van der Waals surface area (Å²) in [6, 6.07) is 14.6. The van der Waals surface area contributed by atoms with Gasteiger partial charge in [-0.25, -0.2) is 4.98 Å². The largest absolute Gasteiger partial charge is 0.495 e. The molecule has 8 nitrogen and oxygen atoms in total. The van der Waals surface area contributed by atoms with E-state index in [1.54, 1.807) is 26.3 Å². The second-order valence-corrected chi connectivity index (χ2v) is 7.59. The van der Waals surface area contributed by atoms with E-state index in [0.717, 1.165) is 21.2 Å². The molecule has 0 aliphatic rings. The molecule has 0 aliphatic heterocycles. The molecule has 0 fully saturated rings. The van der Waals surface area contributed by atoms with Crippen molar-refractivity contribution in [3.8, 4) is 17.2 Å². The van der Waals surface area contributed by atoms with Crippen molar-refractivity contribution < 1.29 is 14.3 Å². The van der Waals surface area contributed by atoms with E-state index in [1.165, 1.54) is 6.20 Å². The predicted molar refractivity (Wildman–Crippen MR) is 122 cm³/mol. The molecule has 0 aliphatic carbocycles. The summed E-state index contributed by atoms with van der Waals surface area (Å²) < 4.78 is 14.2. The topological polar surface area (TPSA) is 90.3 Å². The Morgan fingerprint density at radius 2 is 1.90 bits per heavy atom. The molecule has 0 saturated heterocycles. The van der Waals surface area contributed by atoms with Crippen LogP contribution in [0.2, 0.25) is 0 Å². The Bertz CT molecular complexity index is 1270. The van der Waals surface area contributed by atoms with Crippen LogP contribution in [0.3, 0.4) is 0 Å². The molecule has 2 heterocycles. The van der Waals surface area contributed by atoms with Crippen LogP contribution in [0, 0.1) is 0 Å². The number of pyridine rings is 1. The van der Waals surface area contributed by atoms with Crippen LogP contribution in [-0.4, -0.2) is 34.6 Å². The molecule has 9 heteroatoms. The van der Waals surface area contributed by atoms with Crippen LogP contribution in [0.1, 0.15) is 10.5 Å². The third-order valence-electron chi connectivity index (χ3n) is 4.69. The number of aryl methyl sites for hydroxylation is 1. The fraction of sp³-hybridized carbons (Fsp3) is 0.136. The summed E-state index contributed by atoms with van der Waals surface area (Å²) >= 11 is 3.48. The number of ether oxygens (including phenoxy) is 2. The molecule has 158 valence electrons. The highest BCUT2D eigenvalue weighted by atomic mass is 79.9. The van der Waals surface area contributed by atoms with E-state index in [9.17, 15) is 4.79 Å². The summed E-state index contributed by atoms with van der Waals surface area (Å²) in [5, 5.41) is 5.87. The van der Waals surface area contributed by atoms with E-state index in [-0.39, 0.29) is 11.6 Å². The first-order valence-corrected chi connectivity index (χ1v) is 10.2. The Morgan fingerprint density at radius 3 is 2.68 bits per heavy atom. The van der Waals surface area contributed by atoms with Gasteiger partial charge in [0.25, 0.3) is 5.91 Å². The quantitative estimate of drug-likeness (QED) is 0.417. The van der Waals surface area contributed by atoms with Gasteiger partial charge in [0.1, 0.15) is 22.9 Å². The number of hydrogen-bond donors (Lipinski definition) is 2. The number of amides is 1. The van der Waals surface area contributed by atoms with Crippen molar-refractivity contribution in [3.63, 3.8) is 0 Å². The number of imidazole rings is 1. The van der Waals surface area contributed by atoms with E-state index in [0.29, 0.717) is 23.2 Å². The molecule has 2 aromatic carbocycles. The number of rotatable bonds is 6.